The molecular formula is C30H35BO3. The predicted molar refractivity (Wildman–Crippen MR) is 144 cm³/mol. The number of hydrogen-bond donors (Lipinski definition) is 2. The molecule has 4 aromatic carbocycles. The van der Waals surface area contributed by atoms with Gasteiger partial charge in [-0.3, -0.25) is 0 Å². The fraction of sp³-hybridized carbons (Fsp3) is 0.333. The Hall–Kier alpha value is -2.82. The van der Waals surface area contributed by atoms with Crippen LogP contribution in [0.4, 0.5) is 0 Å². The van der Waals surface area contributed by atoms with E-state index in [1.54, 1.807) is 0 Å². The van der Waals surface area contributed by atoms with Crippen molar-refractivity contribution < 1.29 is 14.7 Å². The van der Waals surface area contributed by atoms with Crippen LogP contribution in [0.25, 0.3) is 32.7 Å². The SMILES string of the molecule is CCCCCCCCCCc1ccc(-c2c3ccccc3c(OB(O)O)c3ccccc23)cc1. The van der Waals surface area contributed by atoms with Crippen molar-refractivity contribution in [2.75, 3.05) is 0 Å². The van der Waals surface area contributed by atoms with E-state index in [-0.39, 0.29) is 0 Å². The largest absolute Gasteiger partial charge is 0.707 e. The molecule has 34 heavy (non-hydrogen) atoms. The molecule has 0 heterocycles. The second kappa shape index (κ2) is 12.1. The van der Waals surface area contributed by atoms with Crippen LogP contribution in [0.2, 0.25) is 0 Å². The quantitative estimate of drug-likeness (QED) is 0.131. The van der Waals surface area contributed by atoms with Crippen LogP contribution in [0.15, 0.2) is 72.8 Å². The molecule has 4 heteroatoms. The van der Waals surface area contributed by atoms with Crippen molar-refractivity contribution in [3.05, 3.63) is 78.4 Å². The van der Waals surface area contributed by atoms with E-state index in [9.17, 15) is 10.0 Å². The zero-order valence-corrected chi connectivity index (χ0v) is 20.2. The smallest absolute Gasteiger partial charge is 0.511 e. The van der Waals surface area contributed by atoms with Crippen molar-refractivity contribution in [3.8, 4) is 16.9 Å². The highest BCUT2D eigenvalue weighted by molar-refractivity contribution is 6.35. The van der Waals surface area contributed by atoms with Crippen LogP contribution < -0.4 is 4.65 Å². The van der Waals surface area contributed by atoms with E-state index in [1.165, 1.54) is 56.9 Å². The molecule has 0 spiro atoms. The first-order chi connectivity index (χ1) is 16.7. The third kappa shape index (κ3) is 5.81. The molecule has 0 atom stereocenters. The molecule has 0 bridgehead atoms. The van der Waals surface area contributed by atoms with Crippen LogP contribution in [0.3, 0.4) is 0 Å². The lowest BCUT2D eigenvalue weighted by molar-refractivity contribution is 0.291. The van der Waals surface area contributed by atoms with Crippen LogP contribution >= 0.6 is 0 Å². The second-order valence-electron chi connectivity index (χ2n) is 9.16. The number of fused-ring (bicyclic) bond motifs is 2. The van der Waals surface area contributed by atoms with Crippen LogP contribution in [-0.2, 0) is 6.42 Å². The van der Waals surface area contributed by atoms with Crippen molar-refractivity contribution in [2.45, 2.75) is 64.7 Å². The summed E-state index contributed by atoms with van der Waals surface area (Å²) in [6.07, 6.45) is 11.8. The average molecular weight is 454 g/mol. The van der Waals surface area contributed by atoms with Gasteiger partial charge in [-0.15, -0.1) is 0 Å². The van der Waals surface area contributed by atoms with Gasteiger partial charge < -0.3 is 14.7 Å². The number of hydrogen-bond acceptors (Lipinski definition) is 3. The van der Waals surface area contributed by atoms with Gasteiger partial charge in [0, 0.05) is 10.8 Å². The molecule has 0 aromatic heterocycles. The first kappa shape index (κ1) is 24.3. The van der Waals surface area contributed by atoms with Gasteiger partial charge in [-0.25, -0.2) is 0 Å². The van der Waals surface area contributed by atoms with Crippen molar-refractivity contribution in [3.63, 3.8) is 0 Å². The number of rotatable bonds is 12. The monoisotopic (exact) mass is 454 g/mol. The van der Waals surface area contributed by atoms with Crippen LogP contribution in [0.1, 0.15) is 63.9 Å². The molecule has 0 radical (unpaired) electrons. The molecule has 2 N–H and O–H groups in total. The molecule has 0 aliphatic carbocycles. The van der Waals surface area contributed by atoms with E-state index in [1.807, 2.05) is 36.4 Å². The third-order valence-corrected chi connectivity index (χ3v) is 6.67. The lowest BCUT2D eigenvalue weighted by Gasteiger charge is -2.18. The Morgan fingerprint density at radius 3 is 1.65 bits per heavy atom. The van der Waals surface area contributed by atoms with Gasteiger partial charge in [-0.2, -0.15) is 0 Å². The van der Waals surface area contributed by atoms with E-state index in [0.29, 0.717) is 5.75 Å². The normalized spacial score (nSPS) is 11.3. The zero-order valence-electron chi connectivity index (χ0n) is 20.2. The number of aryl methyl sites for hydroxylation is 1. The molecule has 0 aliphatic heterocycles. The van der Waals surface area contributed by atoms with Crippen molar-refractivity contribution in [2.24, 2.45) is 0 Å². The maximum absolute atomic E-state index is 9.53. The van der Waals surface area contributed by atoms with Crippen molar-refractivity contribution >= 4 is 28.9 Å². The number of benzene rings is 4. The van der Waals surface area contributed by atoms with Gasteiger partial charge >= 0.3 is 7.32 Å². The molecule has 0 saturated carbocycles. The molecule has 176 valence electrons. The summed E-state index contributed by atoms with van der Waals surface area (Å²) in [4.78, 5) is 0. The van der Waals surface area contributed by atoms with Gasteiger partial charge in [0.15, 0.2) is 0 Å². The topological polar surface area (TPSA) is 49.7 Å². The lowest BCUT2D eigenvalue weighted by atomic mass is 9.90. The average Bonchev–Trinajstić information content (AvgIpc) is 2.86. The summed E-state index contributed by atoms with van der Waals surface area (Å²) in [5.41, 5.74) is 3.68. The van der Waals surface area contributed by atoms with E-state index < -0.39 is 7.32 Å². The molecule has 4 rings (SSSR count). The van der Waals surface area contributed by atoms with E-state index in [0.717, 1.165) is 39.1 Å². The highest BCUT2D eigenvalue weighted by atomic mass is 16.6. The maximum atomic E-state index is 9.53. The molecule has 0 unspecified atom stereocenters. The summed E-state index contributed by atoms with van der Waals surface area (Å²) in [7, 11) is -1.87. The standard InChI is InChI=1S/C30H35BO3/c1-2-3-4-5-6-7-8-9-14-23-19-21-24(22-20-23)29-25-15-10-12-17-27(25)30(34-31(32)33)28-18-13-11-16-26(28)29/h10-13,15-22,32-33H,2-9,14H2,1H3. The molecule has 3 nitrogen and oxygen atoms in total. The lowest BCUT2D eigenvalue weighted by Crippen LogP contribution is -2.21. The molecule has 0 fully saturated rings. The van der Waals surface area contributed by atoms with Gasteiger partial charge in [0.25, 0.3) is 0 Å². The minimum absolute atomic E-state index is 0.497. The van der Waals surface area contributed by atoms with E-state index >= 15 is 0 Å². The van der Waals surface area contributed by atoms with Gasteiger partial charge in [0.1, 0.15) is 5.75 Å². The fourth-order valence-electron chi connectivity index (χ4n) is 4.93. The molecule has 0 saturated heterocycles. The predicted octanol–water partition coefficient (Wildman–Crippen LogP) is 7.69. The second-order valence-corrected chi connectivity index (χ2v) is 9.16. The third-order valence-electron chi connectivity index (χ3n) is 6.67. The van der Waals surface area contributed by atoms with E-state index in [2.05, 4.69) is 43.3 Å². The summed E-state index contributed by atoms with van der Waals surface area (Å²) in [6.45, 7) is 2.27. The van der Waals surface area contributed by atoms with Crippen LogP contribution in [0.5, 0.6) is 5.75 Å². The summed E-state index contributed by atoms with van der Waals surface area (Å²) in [5.74, 6) is 0.497. The Morgan fingerprint density at radius 2 is 1.12 bits per heavy atom. The van der Waals surface area contributed by atoms with Crippen LogP contribution in [-0.4, -0.2) is 17.4 Å². The molecular weight excluding hydrogens is 419 g/mol. The summed E-state index contributed by atoms with van der Waals surface area (Å²) >= 11 is 0. The maximum Gasteiger partial charge on any atom is 0.707 e. The Bertz CT molecular complexity index is 1140. The minimum Gasteiger partial charge on any atom is -0.511 e. The number of unbranched alkanes of at least 4 members (excludes halogenated alkanes) is 7. The van der Waals surface area contributed by atoms with Crippen LogP contribution in [0, 0.1) is 0 Å². The minimum atomic E-state index is -1.87. The summed E-state index contributed by atoms with van der Waals surface area (Å²) in [6, 6.07) is 24.9. The Morgan fingerprint density at radius 1 is 0.618 bits per heavy atom. The summed E-state index contributed by atoms with van der Waals surface area (Å²) < 4.78 is 5.45. The van der Waals surface area contributed by atoms with Gasteiger partial charge in [0.2, 0.25) is 0 Å². The van der Waals surface area contributed by atoms with Gasteiger partial charge in [-0.1, -0.05) is 125 Å². The zero-order chi connectivity index (χ0) is 23.8. The molecule has 0 aliphatic rings. The first-order valence-corrected chi connectivity index (χ1v) is 12.7. The highest BCUT2D eigenvalue weighted by Crippen LogP contribution is 2.43. The summed E-state index contributed by atoms with van der Waals surface area (Å²) in [5, 5.41) is 22.9. The van der Waals surface area contributed by atoms with Crippen molar-refractivity contribution in [1.29, 1.82) is 0 Å². The van der Waals surface area contributed by atoms with E-state index in [4.69, 9.17) is 4.65 Å². The Labute approximate surface area is 203 Å². The highest BCUT2D eigenvalue weighted by Gasteiger charge is 2.20. The fourth-order valence-corrected chi connectivity index (χ4v) is 4.93. The molecule has 0 amide bonds. The van der Waals surface area contributed by atoms with Gasteiger partial charge in [-0.05, 0) is 40.3 Å². The van der Waals surface area contributed by atoms with Crippen molar-refractivity contribution in [1.82, 2.24) is 0 Å². The Balaban J connectivity index is 1.56. The van der Waals surface area contributed by atoms with Gasteiger partial charge in [0.05, 0.1) is 0 Å². The molecule has 4 aromatic rings. The first-order valence-electron chi connectivity index (χ1n) is 12.7. The Kier molecular flexibility index (Phi) is 8.62.